The van der Waals surface area contributed by atoms with Gasteiger partial charge in [-0.2, -0.15) is 0 Å². The Labute approximate surface area is 189 Å². The number of H-pyrrole nitrogens is 1. The Morgan fingerprint density at radius 2 is 1.76 bits per heavy atom. The lowest BCUT2D eigenvalue weighted by Crippen LogP contribution is -2.33. The minimum absolute atomic E-state index is 0.0109. The van der Waals surface area contributed by atoms with Crippen molar-refractivity contribution in [1.29, 1.82) is 0 Å². The predicted octanol–water partition coefficient (Wildman–Crippen LogP) is 2.70. The first-order chi connectivity index (χ1) is 15.9. The average Bonchev–Trinajstić information content (AvgIpc) is 3.36. The molecular formula is C23H23N5O5. The molecule has 10 heteroatoms. The number of nitrogens with one attached hydrogen (secondary N) is 4. The van der Waals surface area contributed by atoms with Crippen LogP contribution in [0.4, 0.5) is 16.2 Å². The monoisotopic (exact) mass is 449 g/mol. The van der Waals surface area contributed by atoms with Crippen LogP contribution in [0.15, 0.2) is 48.5 Å². The topological polar surface area (TPSA) is 133 Å². The zero-order valence-corrected chi connectivity index (χ0v) is 17.9. The summed E-state index contributed by atoms with van der Waals surface area (Å²) < 4.78 is 5.48. The smallest absolute Gasteiger partial charge is 0.324 e. The van der Waals surface area contributed by atoms with E-state index in [1.54, 1.807) is 30.3 Å². The van der Waals surface area contributed by atoms with E-state index in [9.17, 15) is 19.2 Å². The summed E-state index contributed by atoms with van der Waals surface area (Å²) in [6.45, 7) is 2.44. The highest BCUT2D eigenvalue weighted by atomic mass is 16.5. The molecule has 0 unspecified atom stereocenters. The van der Waals surface area contributed by atoms with E-state index in [-0.39, 0.29) is 37.2 Å². The van der Waals surface area contributed by atoms with Crippen molar-refractivity contribution in [3.05, 3.63) is 54.2 Å². The fourth-order valence-corrected chi connectivity index (χ4v) is 3.44. The first kappa shape index (κ1) is 21.9. The first-order valence-electron chi connectivity index (χ1n) is 10.5. The molecule has 0 aliphatic carbocycles. The number of urea groups is 1. The lowest BCUT2D eigenvalue weighted by Gasteiger charge is -2.12. The van der Waals surface area contributed by atoms with Gasteiger partial charge in [-0.05, 0) is 49.4 Å². The highest BCUT2D eigenvalue weighted by Gasteiger charge is 2.28. The van der Waals surface area contributed by atoms with Gasteiger partial charge in [-0.1, -0.05) is 0 Å². The maximum atomic E-state index is 12.6. The summed E-state index contributed by atoms with van der Waals surface area (Å²) in [4.78, 5) is 51.9. The molecule has 2 heterocycles. The van der Waals surface area contributed by atoms with Crippen molar-refractivity contribution in [3.63, 3.8) is 0 Å². The lowest BCUT2D eigenvalue weighted by atomic mass is 10.2. The molecule has 0 saturated carbocycles. The Hall–Kier alpha value is -4.34. The molecule has 4 rings (SSSR count). The second-order valence-corrected chi connectivity index (χ2v) is 7.40. The van der Waals surface area contributed by atoms with Crippen LogP contribution in [-0.2, 0) is 9.59 Å². The first-order valence-corrected chi connectivity index (χ1v) is 10.5. The van der Waals surface area contributed by atoms with Crippen LogP contribution in [0, 0.1) is 0 Å². The largest absolute Gasteiger partial charge is 0.494 e. The van der Waals surface area contributed by atoms with Gasteiger partial charge in [-0.25, -0.2) is 4.79 Å². The molecule has 0 spiro atoms. The van der Waals surface area contributed by atoms with Gasteiger partial charge in [0.25, 0.3) is 5.91 Å². The van der Waals surface area contributed by atoms with Gasteiger partial charge in [0.2, 0.25) is 11.8 Å². The molecular weight excluding hydrogens is 426 g/mol. The zero-order chi connectivity index (χ0) is 23.4. The number of ether oxygens (including phenoxy) is 1. The number of hydrogen-bond acceptors (Lipinski definition) is 5. The summed E-state index contributed by atoms with van der Waals surface area (Å²) >= 11 is 0. The summed E-state index contributed by atoms with van der Waals surface area (Å²) in [6, 6.07) is 13.5. The third kappa shape index (κ3) is 5.12. The number of rotatable bonds is 8. The predicted molar refractivity (Wildman–Crippen MR) is 122 cm³/mol. The van der Waals surface area contributed by atoms with Crippen LogP contribution < -0.4 is 20.7 Å². The number of benzene rings is 2. The van der Waals surface area contributed by atoms with E-state index in [1.807, 2.05) is 25.1 Å². The van der Waals surface area contributed by atoms with Crippen LogP contribution in [0.2, 0.25) is 0 Å². The fourth-order valence-electron chi connectivity index (χ4n) is 3.44. The number of anilines is 2. The molecule has 5 amide bonds. The van der Waals surface area contributed by atoms with E-state index < -0.39 is 6.03 Å². The summed E-state index contributed by atoms with van der Waals surface area (Å²) in [5, 5.41) is 8.81. The number of imide groups is 1. The Bertz CT molecular complexity index is 1200. The SMILES string of the molecule is CCOc1ccc2cc(C(=O)Nc3ccc(NC(=O)CCN4C(=O)CNC4=O)cc3)[nH]c2c1. The van der Waals surface area contributed by atoms with Crippen LogP contribution >= 0.6 is 0 Å². The molecule has 1 aliphatic rings. The Morgan fingerprint density at radius 3 is 2.42 bits per heavy atom. The number of aromatic nitrogens is 1. The third-order valence-corrected chi connectivity index (χ3v) is 5.08. The average molecular weight is 449 g/mol. The Kier molecular flexibility index (Phi) is 6.25. The molecule has 1 aliphatic heterocycles. The second kappa shape index (κ2) is 9.43. The normalized spacial score (nSPS) is 13.2. The minimum Gasteiger partial charge on any atom is -0.494 e. The van der Waals surface area contributed by atoms with Gasteiger partial charge in [0.1, 0.15) is 11.4 Å². The highest BCUT2D eigenvalue weighted by molar-refractivity contribution is 6.06. The van der Waals surface area contributed by atoms with Gasteiger partial charge in [0.15, 0.2) is 0 Å². The number of amides is 5. The number of carbonyl (C=O) groups excluding carboxylic acids is 4. The Morgan fingerprint density at radius 1 is 1.03 bits per heavy atom. The van der Waals surface area contributed by atoms with Crippen LogP contribution in [0.25, 0.3) is 10.9 Å². The van der Waals surface area contributed by atoms with Crippen LogP contribution in [0.5, 0.6) is 5.75 Å². The molecule has 1 fully saturated rings. The molecule has 0 bridgehead atoms. The number of aromatic amines is 1. The fraction of sp³-hybridized carbons (Fsp3) is 0.217. The molecule has 33 heavy (non-hydrogen) atoms. The van der Waals surface area contributed by atoms with Crippen molar-refractivity contribution in [1.82, 2.24) is 15.2 Å². The quantitative estimate of drug-likeness (QED) is 0.393. The van der Waals surface area contributed by atoms with Crippen molar-refractivity contribution in [3.8, 4) is 5.75 Å². The van der Waals surface area contributed by atoms with Gasteiger partial charge in [-0.15, -0.1) is 0 Å². The van der Waals surface area contributed by atoms with Crippen molar-refractivity contribution in [2.75, 3.05) is 30.3 Å². The summed E-state index contributed by atoms with van der Waals surface area (Å²) in [7, 11) is 0. The molecule has 170 valence electrons. The van der Waals surface area contributed by atoms with Crippen molar-refractivity contribution in [2.45, 2.75) is 13.3 Å². The second-order valence-electron chi connectivity index (χ2n) is 7.40. The maximum Gasteiger partial charge on any atom is 0.324 e. The molecule has 2 aromatic carbocycles. The third-order valence-electron chi connectivity index (χ3n) is 5.08. The van der Waals surface area contributed by atoms with Gasteiger partial charge in [-0.3, -0.25) is 19.3 Å². The lowest BCUT2D eigenvalue weighted by molar-refractivity contribution is -0.125. The highest BCUT2D eigenvalue weighted by Crippen LogP contribution is 2.22. The van der Waals surface area contributed by atoms with Crippen LogP contribution in [-0.4, -0.2) is 53.3 Å². The van der Waals surface area contributed by atoms with E-state index in [0.717, 1.165) is 21.6 Å². The standard InChI is InChI=1S/C23H23N5O5/c1-2-33-17-8-3-14-11-19(27-18(14)12-17)22(31)26-16-6-4-15(5-7-16)25-20(29)9-10-28-21(30)13-24-23(28)32/h3-8,11-12,27H,2,9-10,13H2,1H3,(H,24,32)(H,25,29)(H,26,31). The van der Waals surface area contributed by atoms with Crippen molar-refractivity contribution < 1.29 is 23.9 Å². The van der Waals surface area contributed by atoms with Gasteiger partial charge < -0.3 is 25.7 Å². The number of nitrogens with zero attached hydrogens (tertiary/aromatic N) is 1. The molecule has 1 aromatic heterocycles. The molecule has 4 N–H and O–H groups in total. The van der Waals surface area contributed by atoms with Crippen LogP contribution in [0.3, 0.4) is 0 Å². The van der Waals surface area contributed by atoms with E-state index in [0.29, 0.717) is 23.7 Å². The van der Waals surface area contributed by atoms with E-state index in [4.69, 9.17) is 4.74 Å². The number of hydrogen-bond donors (Lipinski definition) is 4. The zero-order valence-electron chi connectivity index (χ0n) is 17.9. The molecule has 1 saturated heterocycles. The summed E-state index contributed by atoms with van der Waals surface area (Å²) in [5.74, 6) is -0.248. The summed E-state index contributed by atoms with van der Waals surface area (Å²) in [5.41, 5.74) is 2.31. The van der Waals surface area contributed by atoms with Gasteiger partial charge in [0, 0.05) is 41.3 Å². The van der Waals surface area contributed by atoms with E-state index in [2.05, 4.69) is 20.9 Å². The van der Waals surface area contributed by atoms with E-state index in [1.165, 1.54) is 0 Å². The van der Waals surface area contributed by atoms with Crippen LogP contribution in [0.1, 0.15) is 23.8 Å². The molecule has 0 atom stereocenters. The van der Waals surface area contributed by atoms with E-state index >= 15 is 0 Å². The van der Waals surface area contributed by atoms with Gasteiger partial charge >= 0.3 is 6.03 Å². The molecule has 3 aromatic rings. The van der Waals surface area contributed by atoms with Gasteiger partial charge in [0.05, 0.1) is 13.2 Å². The van der Waals surface area contributed by atoms with Crippen molar-refractivity contribution >= 4 is 46.0 Å². The molecule has 10 nitrogen and oxygen atoms in total. The number of fused-ring (bicyclic) bond motifs is 1. The van der Waals surface area contributed by atoms with Crippen molar-refractivity contribution in [2.24, 2.45) is 0 Å². The summed E-state index contributed by atoms with van der Waals surface area (Å²) in [6.07, 6.45) is -0.0109. The minimum atomic E-state index is -0.488. The molecule has 0 radical (unpaired) electrons. The maximum absolute atomic E-state index is 12.6. The Balaban J connectivity index is 1.32. The number of carbonyl (C=O) groups is 4.